The zero-order chi connectivity index (χ0) is 11.7. The Morgan fingerprint density at radius 1 is 1.62 bits per heavy atom. The van der Waals surface area contributed by atoms with Gasteiger partial charge in [0.1, 0.15) is 5.15 Å². The Balaban J connectivity index is 2.51. The minimum Gasteiger partial charge on any atom is -0.465 e. The number of halogens is 1. The maximum atomic E-state index is 11.6. The van der Waals surface area contributed by atoms with E-state index in [-0.39, 0.29) is 5.97 Å². The topological polar surface area (TPSA) is 42.4 Å². The van der Waals surface area contributed by atoms with Crippen LogP contribution >= 0.6 is 11.6 Å². The summed E-state index contributed by atoms with van der Waals surface area (Å²) < 4.78 is 4.75. The second kappa shape index (κ2) is 4.39. The van der Waals surface area contributed by atoms with Crippen LogP contribution < -0.4 is 0 Å². The SMILES string of the molecule is COC(=O)c1cc(Cl)nc2c1CN(C)CC2. The zero-order valence-corrected chi connectivity index (χ0v) is 10.0. The van der Waals surface area contributed by atoms with E-state index in [1.165, 1.54) is 7.11 Å². The van der Waals surface area contributed by atoms with Gasteiger partial charge in [0.15, 0.2) is 0 Å². The summed E-state index contributed by atoms with van der Waals surface area (Å²) in [7, 11) is 3.38. The largest absolute Gasteiger partial charge is 0.465 e. The predicted octanol–water partition coefficient (Wildman–Crippen LogP) is 1.51. The summed E-state index contributed by atoms with van der Waals surface area (Å²) in [4.78, 5) is 18.0. The summed E-state index contributed by atoms with van der Waals surface area (Å²) in [6, 6.07) is 1.57. The van der Waals surface area contributed by atoms with Crippen molar-refractivity contribution in [3.8, 4) is 0 Å². The first-order chi connectivity index (χ1) is 7.61. The number of methoxy groups -OCH3 is 1. The molecule has 4 nitrogen and oxygen atoms in total. The summed E-state index contributed by atoms with van der Waals surface area (Å²) in [5, 5.41) is 0.351. The average Bonchev–Trinajstić information content (AvgIpc) is 2.27. The van der Waals surface area contributed by atoms with Crippen LogP contribution in [0.1, 0.15) is 21.6 Å². The molecule has 16 heavy (non-hydrogen) atoms. The summed E-state index contributed by atoms with van der Waals surface area (Å²) in [5.74, 6) is -0.351. The van der Waals surface area contributed by atoms with Crippen molar-refractivity contribution in [3.63, 3.8) is 0 Å². The van der Waals surface area contributed by atoms with Crippen molar-refractivity contribution in [1.82, 2.24) is 9.88 Å². The minimum atomic E-state index is -0.351. The van der Waals surface area contributed by atoms with Gasteiger partial charge in [0.25, 0.3) is 0 Å². The molecule has 0 spiro atoms. The van der Waals surface area contributed by atoms with Crippen LogP contribution in [0.2, 0.25) is 5.15 Å². The van der Waals surface area contributed by atoms with Crippen molar-refractivity contribution in [2.24, 2.45) is 0 Å². The fraction of sp³-hybridized carbons (Fsp3) is 0.455. The molecule has 2 heterocycles. The Labute approximate surface area is 99.2 Å². The monoisotopic (exact) mass is 240 g/mol. The lowest BCUT2D eigenvalue weighted by atomic mass is 10.0. The molecule has 0 bridgehead atoms. The molecular weight excluding hydrogens is 228 g/mol. The quantitative estimate of drug-likeness (QED) is 0.551. The van der Waals surface area contributed by atoms with Crippen molar-refractivity contribution in [3.05, 3.63) is 28.0 Å². The van der Waals surface area contributed by atoms with Crippen molar-refractivity contribution < 1.29 is 9.53 Å². The number of likely N-dealkylation sites (N-methyl/N-ethyl adjacent to an activating group) is 1. The highest BCUT2D eigenvalue weighted by molar-refractivity contribution is 6.29. The number of nitrogens with zero attached hydrogens (tertiary/aromatic N) is 2. The molecule has 2 rings (SSSR count). The van der Waals surface area contributed by atoms with Crippen LogP contribution in [0.5, 0.6) is 0 Å². The molecule has 0 atom stereocenters. The van der Waals surface area contributed by atoms with E-state index in [9.17, 15) is 4.79 Å². The van der Waals surface area contributed by atoms with Gasteiger partial charge in [-0.15, -0.1) is 0 Å². The number of carbonyl (C=O) groups is 1. The van der Waals surface area contributed by atoms with E-state index in [4.69, 9.17) is 16.3 Å². The van der Waals surface area contributed by atoms with E-state index in [0.29, 0.717) is 17.3 Å². The van der Waals surface area contributed by atoms with Gasteiger partial charge in [0.05, 0.1) is 12.7 Å². The van der Waals surface area contributed by atoms with Gasteiger partial charge in [-0.1, -0.05) is 11.6 Å². The van der Waals surface area contributed by atoms with E-state index in [0.717, 1.165) is 24.2 Å². The van der Waals surface area contributed by atoms with Crippen LogP contribution in [0.15, 0.2) is 6.07 Å². The predicted molar refractivity (Wildman–Crippen MR) is 60.6 cm³/mol. The van der Waals surface area contributed by atoms with Gasteiger partial charge in [0.2, 0.25) is 0 Å². The first kappa shape index (κ1) is 11.4. The Kier molecular flexibility index (Phi) is 3.12. The van der Waals surface area contributed by atoms with E-state index in [1.807, 2.05) is 7.05 Å². The normalized spacial score (nSPS) is 15.7. The molecule has 86 valence electrons. The van der Waals surface area contributed by atoms with Crippen LogP contribution in [0.25, 0.3) is 0 Å². The van der Waals surface area contributed by atoms with Crippen LogP contribution in [0.3, 0.4) is 0 Å². The number of fused-ring (bicyclic) bond motifs is 1. The Bertz CT molecular complexity index is 434. The number of ether oxygens (including phenoxy) is 1. The Morgan fingerprint density at radius 2 is 2.38 bits per heavy atom. The molecule has 0 unspecified atom stereocenters. The number of pyridine rings is 1. The van der Waals surface area contributed by atoms with Crippen LogP contribution in [-0.4, -0.2) is 36.6 Å². The maximum Gasteiger partial charge on any atom is 0.338 e. The number of hydrogen-bond donors (Lipinski definition) is 0. The maximum absolute atomic E-state index is 11.6. The molecule has 0 amide bonds. The third-order valence-corrected chi connectivity index (χ3v) is 2.94. The first-order valence-corrected chi connectivity index (χ1v) is 5.44. The van der Waals surface area contributed by atoms with Gasteiger partial charge in [-0.2, -0.15) is 0 Å². The highest BCUT2D eigenvalue weighted by Gasteiger charge is 2.22. The molecule has 0 aromatic carbocycles. The summed E-state index contributed by atoms with van der Waals surface area (Å²) in [6.45, 7) is 1.64. The summed E-state index contributed by atoms with van der Waals surface area (Å²) in [6.07, 6.45) is 0.816. The highest BCUT2D eigenvalue weighted by atomic mass is 35.5. The van der Waals surface area contributed by atoms with E-state index in [1.54, 1.807) is 6.07 Å². The molecule has 0 fully saturated rings. The molecule has 5 heteroatoms. The number of rotatable bonds is 1. The van der Waals surface area contributed by atoms with Crippen molar-refractivity contribution in [2.75, 3.05) is 20.7 Å². The van der Waals surface area contributed by atoms with E-state index >= 15 is 0 Å². The minimum absolute atomic E-state index is 0.351. The fourth-order valence-electron chi connectivity index (χ4n) is 1.91. The van der Waals surface area contributed by atoms with Crippen molar-refractivity contribution in [1.29, 1.82) is 0 Å². The number of esters is 1. The third kappa shape index (κ3) is 2.03. The van der Waals surface area contributed by atoms with Gasteiger partial charge < -0.3 is 9.64 Å². The smallest absolute Gasteiger partial charge is 0.338 e. The van der Waals surface area contributed by atoms with Gasteiger partial charge >= 0.3 is 5.97 Å². The molecule has 1 aromatic rings. The lowest BCUT2D eigenvalue weighted by Crippen LogP contribution is -2.29. The van der Waals surface area contributed by atoms with Gasteiger partial charge in [-0.05, 0) is 13.1 Å². The average molecular weight is 241 g/mol. The second-order valence-electron chi connectivity index (χ2n) is 3.90. The number of hydrogen-bond acceptors (Lipinski definition) is 4. The first-order valence-electron chi connectivity index (χ1n) is 5.07. The van der Waals surface area contributed by atoms with Crippen molar-refractivity contribution in [2.45, 2.75) is 13.0 Å². The lowest BCUT2D eigenvalue weighted by Gasteiger charge is -2.25. The van der Waals surface area contributed by atoms with Gasteiger partial charge in [-0.3, -0.25) is 0 Å². The van der Waals surface area contributed by atoms with Crippen LogP contribution in [0.4, 0.5) is 0 Å². The van der Waals surface area contributed by atoms with E-state index in [2.05, 4.69) is 9.88 Å². The van der Waals surface area contributed by atoms with E-state index < -0.39 is 0 Å². The van der Waals surface area contributed by atoms with Gasteiger partial charge in [-0.25, -0.2) is 9.78 Å². The third-order valence-electron chi connectivity index (χ3n) is 2.74. The molecule has 1 aromatic heterocycles. The molecular formula is C11H13ClN2O2. The molecule has 0 N–H and O–H groups in total. The molecule has 1 aliphatic rings. The second-order valence-corrected chi connectivity index (χ2v) is 4.28. The van der Waals surface area contributed by atoms with Gasteiger partial charge in [0, 0.05) is 30.8 Å². The fourth-order valence-corrected chi connectivity index (χ4v) is 2.12. The molecule has 0 aliphatic carbocycles. The molecule has 1 aliphatic heterocycles. The molecule has 0 saturated carbocycles. The molecule has 0 saturated heterocycles. The Morgan fingerprint density at radius 3 is 3.06 bits per heavy atom. The highest BCUT2D eigenvalue weighted by Crippen LogP contribution is 2.23. The molecule has 0 radical (unpaired) electrons. The van der Waals surface area contributed by atoms with Crippen molar-refractivity contribution >= 4 is 17.6 Å². The number of aromatic nitrogens is 1. The summed E-state index contributed by atoms with van der Waals surface area (Å²) >= 11 is 5.89. The zero-order valence-electron chi connectivity index (χ0n) is 9.29. The lowest BCUT2D eigenvalue weighted by molar-refractivity contribution is 0.0597. The standard InChI is InChI=1S/C11H13ClN2O2/c1-14-4-3-9-8(6-14)7(11(15)16-2)5-10(12)13-9/h5H,3-4,6H2,1-2H3. The summed E-state index contributed by atoms with van der Waals surface area (Å²) in [5.41, 5.74) is 2.38. The van der Waals surface area contributed by atoms with Crippen LogP contribution in [0, 0.1) is 0 Å². The number of carbonyl (C=O) groups excluding carboxylic acids is 1. The van der Waals surface area contributed by atoms with Crippen LogP contribution in [-0.2, 0) is 17.7 Å². The Hall–Kier alpha value is -1.13.